The highest BCUT2D eigenvalue weighted by Crippen LogP contribution is 2.38. The van der Waals surface area contributed by atoms with Crippen molar-refractivity contribution >= 4 is 23.1 Å². The minimum Gasteiger partial charge on any atom is -0.365 e. The Morgan fingerprint density at radius 3 is 2.86 bits per heavy atom. The van der Waals surface area contributed by atoms with E-state index in [2.05, 4.69) is 20.6 Å². The lowest BCUT2D eigenvalue weighted by molar-refractivity contribution is 0.627. The van der Waals surface area contributed by atoms with Crippen LogP contribution in [-0.2, 0) is 6.54 Å². The number of benzene rings is 1. The number of halogens is 2. The highest BCUT2D eigenvalue weighted by molar-refractivity contribution is 6.30. The van der Waals surface area contributed by atoms with Crippen LogP contribution in [-0.4, -0.2) is 19.8 Å². The van der Waals surface area contributed by atoms with E-state index < -0.39 is 5.82 Å². The Morgan fingerprint density at radius 1 is 1.23 bits per heavy atom. The molecule has 1 fully saturated rings. The van der Waals surface area contributed by atoms with E-state index in [0.29, 0.717) is 12.5 Å². The Morgan fingerprint density at radius 2 is 2.09 bits per heavy atom. The van der Waals surface area contributed by atoms with Crippen LogP contribution in [0.1, 0.15) is 30.1 Å². The second-order valence-corrected chi connectivity index (χ2v) is 5.83. The van der Waals surface area contributed by atoms with E-state index in [1.807, 2.05) is 12.1 Å². The molecule has 22 heavy (non-hydrogen) atoms. The van der Waals surface area contributed by atoms with Gasteiger partial charge in [-0.25, -0.2) is 4.39 Å². The van der Waals surface area contributed by atoms with E-state index in [9.17, 15) is 4.39 Å². The van der Waals surface area contributed by atoms with Gasteiger partial charge in [-0.1, -0.05) is 17.7 Å². The fraction of sp³-hybridized carbons (Fsp3) is 0.267. The topological polar surface area (TPSA) is 55.1 Å². The second kappa shape index (κ2) is 5.21. The molecule has 0 spiro atoms. The van der Waals surface area contributed by atoms with Crippen LogP contribution in [0.15, 0.2) is 30.3 Å². The molecule has 1 aromatic carbocycles. The van der Waals surface area contributed by atoms with Gasteiger partial charge in [0.25, 0.3) is 0 Å². The SMILES string of the molecule is Fc1ccc(CNc2ccc3nnc(C4CC4)n3n2)cc1Cl. The van der Waals surface area contributed by atoms with Gasteiger partial charge in [-0.2, -0.15) is 4.52 Å². The van der Waals surface area contributed by atoms with Gasteiger partial charge < -0.3 is 5.32 Å². The normalized spacial score (nSPS) is 14.5. The number of fused-ring (bicyclic) bond motifs is 1. The van der Waals surface area contributed by atoms with Crippen molar-refractivity contribution in [1.82, 2.24) is 19.8 Å². The van der Waals surface area contributed by atoms with Gasteiger partial charge in [-0.3, -0.25) is 0 Å². The molecule has 1 aliphatic rings. The molecule has 2 aromatic heterocycles. The first kappa shape index (κ1) is 13.5. The van der Waals surface area contributed by atoms with Crippen LogP contribution in [0.2, 0.25) is 5.02 Å². The molecule has 0 atom stereocenters. The molecule has 1 saturated carbocycles. The smallest absolute Gasteiger partial charge is 0.178 e. The summed E-state index contributed by atoms with van der Waals surface area (Å²) in [5.41, 5.74) is 1.64. The quantitative estimate of drug-likeness (QED) is 0.801. The Labute approximate surface area is 131 Å². The predicted molar refractivity (Wildman–Crippen MR) is 81.5 cm³/mol. The van der Waals surface area contributed by atoms with E-state index in [1.165, 1.54) is 6.07 Å². The molecule has 5 nitrogen and oxygen atoms in total. The molecule has 7 heteroatoms. The van der Waals surface area contributed by atoms with Crippen LogP contribution >= 0.6 is 11.6 Å². The fourth-order valence-corrected chi connectivity index (χ4v) is 2.54. The van der Waals surface area contributed by atoms with Crippen molar-refractivity contribution in [3.8, 4) is 0 Å². The van der Waals surface area contributed by atoms with Crippen LogP contribution in [0.5, 0.6) is 0 Å². The van der Waals surface area contributed by atoms with Gasteiger partial charge in [0.05, 0.1) is 5.02 Å². The van der Waals surface area contributed by atoms with Gasteiger partial charge in [-0.15, -0.1) is 15.3 Å². The van der Waals surface area contributed by atoms with Gasteiger partial charge >= 0.3 is 0 Å². The number of rotatable bonds is 4. The summed E-state index contributed by atoms with van der Waals surface area (Å²) in [6.07, 6.45) is 2.29. The van der Waals surface area contributed by atoms with Gasteiger partial charge in [0, 0.05) is 12.5 Å². The summed E-state index contributed by atoms with van der Waals surface area (Å²) in [7, 11) is 0. The van der Waals surface area contributed by atoms with E-state index >= 15 is 0 Å². The largest absolute Gasteiger partial charge is 0.365 e. The zero-order valence-electron chi connectivity index (χ0n) is 11.6. The average molecular weight is 318 g/mol. The van der Waals surface area contributed by atoms with Crippen molar-refractivity contribution in [3.63, 3.8) is 0 Å². The van der Waals surface area contributed by atoms with Crippen molar-refractivity contribution in [2.24, 2.45) is 0 Å². The third-order valence-corrected chi connectivity index (χ3v) is 3.98. The number of nitrogens with zero attached hydrogens (tertiary/aromatic N) is 4. The van der Waals surface area contributed by atoms with Crippen LogP contribution in [0.3, 0.4) is 0 Å². The summed E-state index contributed by atoms with van der Waals surface area (Å²) in [6.45, 7) is 0.513. The first-order valence-electron chi connectivity index (χ1n) is 7.11. The Kier molecular flexibility index (Phi) is 3.18. The number of hydrogen-bond donors (Lipinski definition) is 1. The minimum atomic E-state index is -0.413. The Bertz CT molecular complexity index is 843. The molecular weight excluding hydrogens is 305 g/mol. The number of aromatic nitrogens is 4. The van der Waals surface area contributed by atoms with Gasteiger partial charge in [-0.05, 0) is 42.7 Å². The minimum absolute atomic E-state index is 0.123. The van der Waals surface area contributed by atoms with Crippen LogP contribution in [0.25, 0.3) is 5.65 Å². The maximum absolute atomic E-state index is 13.1. The molecule has 0 saturated heterocycles. The summed E-state index contributed by atoms with van der Waals surface area (Å²) in [5.74, 6) is 1.70. The standard InChI is InChI=1S/C15H13ClFN5/c16-11-7-9(1-4-12(11)17)8-18-13-5-6-14-19-20-15(10-2-3-10)22(14)21-13/h1,4-7,10H,2-3,8H2,(H,18,21). The van der Waals surface area contributed by atoms with Gasteiger partial charge in [0.15, 0.2) is 11.5 Å². The first-order chi connectivity index (χ1) is 10.7. The summed E-state index contributed by atoms with van der Waals surface area (Å²) >= 11 is 5.78. The Hall–Kier alpha value is -2.21. The van der Waals surface area contributed by atoms with Gasteiger partial charge in [0.2, 0.25) is 0 Å². The lowest BCUT2D eigenvalue weighted by atomic mass is 10.2. The van der Waals surface area contributed by atoms with E-state index in [1.54, 1.807) is 16.6 Å². The predicted octanol–water partition coefficient (Wildman–Crippen LogP) is 3.41. The van der Waals surface area contributed by atoms with Crippen molar-refractivity contribution in [1.29, 1.82) is 0 Å². The molecule has 1 aliphatic carbocycles. The van der Waals surface area contributed by atoms with Crippen LogP contribution < -0.4 is 5.32 Å². The van der Waals surface area contributed by atoms with Crippen molar-refractivity contribution in [3.05, 3.63) is 52.6 Å². The van der Waals surface area contributed by atoms with Crippen molar-refractivity contribution < 1.29 is 4.39 Å². The monoisotopic (exact) mass is 317 g/mol. The molecule has 3 aromatic rings. The first-order valence-corrected chi connectivity index (χ1v) is 7.48. The summed E-state index contributed by atoms with van der Waals surface area (Å²) in [6, 6.07) is 8.40. The lowest BCUT2D eigenvalue weighted by Gasteiger charge is -2.07. The molecule has 0 bridgehead atoms. The summed E-state index contributed by atoms with van der Waals surface area (Å²) in [4.78, 5) is 0. The number of anilines is 1. The molecule has 2 heterocycles. The lowest BCUT2D eigenvalue weighted by Crippen LogP contribution is -2.05. The molecule has 0 unspecified atom stereocenters. The van der Waals surface area contributed by atoms with Crippen molar-refractivity contribution in [2.45, 2.75) is 25.3 Å². The average Bonchev–Trinajstić information content (AvgIpc) is 3.28. The maximum atomic E-state index is 13.1. The molecule has 0 amide bonds. The molecule has 0 aliphatic heterocycles. The second-order valence-electron chi connectivity index (χ2n) is 5.42. The van der Waals surface area contributed by atoms with Crippen LogP contribution in [0, 0.1) is 5.82 Å². The number of hydrogen-bond acceptors (Lipinski definition) is 4. The van der Waals surface area contributed by atoms with E-state index in [0.717, 1.165) is 35.7 Å². The molecular formula is C15H13ClFN5. The highest BCUT2D eigenvalue weighted by Gasteiger charge is 2.29. The van der Waals surface area contributed by atoms with Crippen LogP contribution in [0.4, 0.5) is 10.2 Å². The molecule has 112 valence electrons. The highest BCUT2D eigenvalue weighted by atomic mass is 35.5. The molecule has 4 rings (SSSR count). The van der Waals surface area contributed by atoms with E-state index in [4.69, 9.17) is 11.6 Å². The third-order valence-electron chi connectivity index (χ3n) is 3.69. The van der Waals surface area contributed by atoms with Crippen molar-refractivity contribution in [2.75, 3.05) is 5.32 Å². The molecule has 0 radical (unpaired) electrons. The van der Waals surface area contributed by atoms with Gasteiger partial charge in [0.1, 0.15) is 11.6 Å². The summed E-state index contributed by atoms with van der Waals surface area (Å²) in [5, 5.41) is 16.2. The fourth-order valence-electron chi connectivity index (χ4n) is 2.34. The molecule has 1 N–H and O–H groups in total. The zero-order valence-corrected chi connectivity index (χ0v) is 12.4. The number of nitrogens with one attached hydrogen (secondary N) is 1. The zero-order chi connectivity index (χ0) is 15.1. The maximum Gasteiger partial charge on any atom is 0.178 e. The summed E-state index contributed by atoms with van der Waals surface area (Å²) < 4.78 is 14.9. The Balaban J connectivity index is 1.55. The van der Waals surface area contributed by atoms with E-state index in [-0.39, 0.29) is 5.02 Å². The third kappa shape index (κ3) is 2.50.